The maximum atomic E-state index is 11.7. The molecule has 0 aliphatic rings. The summed E-state index contributed by atoms with van der Waals surface area (Å²) >= 11 is 0. The van der Waals surface area contributed by atoms with E-state index in [1.54, 1.807) is 0 Å². The molecular formula is C19H33NO7. The fourth-order valence-corrected chi connectivity index (χ4v) is 2.38. The van der Waals surface area contributed by atoms with E-state index in [0.717, 1.165) is 6.42 Å². The molecule has 1 amide bonds. The van der Waals surface area contributed by atoms with Gasteiger partial charge in [-0.25, -0.2) is 0 Å². The van der Waals surface area contributed by atoms with Crippen LogP contribution in [-0.4, -0.2) is 61.5 Å². The quantitative estimate of drug-likeness (QED) is 0.344. The van der Waals surface area contributed by atoms with E-state index in [0.29, 0.717) is 45.6 Å². The van der Waals surface area contributed by atoms with Crippen LogP contribution in [0.5, 0.6) is 0 Å². The van der Waals surface area contributed by atoms with Crippen LogP contribution in [-0.2, 0) is 28.7 Å². The van der Waals surface area contributed by atoms with E-state index in [9.17, 15) is 19.2 Å². The molecule has 0 bridgehead atoms. The third-order valence-electron chi connectivity index (χ3n) is 3.80. The Morgan fingerprint density at radius 3 is 2.15 bits per heavy atom. The first-order valence-electron chi connectivity index (χ1n) is 9.59. The molecule has 0 aromatic carbocycles. The highest BCUT2D eigenvalue weighted by molar-refractivity contribution is 5.84. The highest BCUT2D eigenvalue weighted by Crippen LogP contribution is 2.14. The van der Waals surface area contributed by atoms with Crippen LogP contribution in [0.15, 0.2) is 0 Å². The minimum absolute atomic E-state index is 0.0275. The van der Waals surface area contributed by atoms with Gasteiger partial charge in [0.1, 0.15) is 12.4 Å². The Kier molecular flexibility index (Phi) is 15.3. The zero-order valence-electron chi connectivity index (χ0n) is 16.5. The summed E-state index contributed by atoms with van der Waals surface area (Å²) in [4.78, 5) is 45.7. The van der Waals surface area contributed by atoms with Crippen molar-refractivity contribution in [2.75, 3.05) is 33.0 Å². The molecule has 0 aromatic rings. The molecule has 27 heavy (non-hydrogen) atoms. The highest BCUT2D eigenvalue weighted by atomic mass is 16.5. The predicted octanol–water partition coefficient (Wildman–Crippen LogP) is 1.75. The number of carboxylic acid groups (broad SMARTS) is 1. The number of ketones is 2. The summed E-state index contributed by atoms with van der Waals surface area (Å²) in [6.45, 7) is 5.14. The summed E-state index contributed by atoms with van der Waals surface area (Å²) in [5.74, 6) is -2.15. The molecule has 0 rings (SSSR count). The van der Waals surface area contributed by atoms with Gasteiger partial charge in [0.15, 0.2) is 5.78 Å². The lowest BCUT2D eigenvalue weighted by molar-refractivity contribution is -0.144. The van der Waals surface area contributed by atoms with Crippen LogP contribution in [0.25, 0.3) is 0 Å². The summed E-state index contributed by atoms with van der Waals surface area (Å²) in [6.07, 6.45) is 2.54. The van der Waals surface area contributed by atoms with Gasteiger partial charge in [-0.15, -0.1) is 0 Å². The van der Waals surface area contributed by atoms with E-state index in [2.05, 4.69) is 5.32 Å². The molecule has 0 spiro atoms. The smallest absolute Gasteiger partial charge is 0.306 e. The van der Waals surface area contributed by atoms with Crippen LogP contribution in [0.4, 0.5) is 0 Å². The molecule has 0 aromatic heterocycles. The molecular weight excluding hydrogens is 354 g/mol. The summed E-state index contributed by atoms with van der Waals surface area (Å²) in [7, 11) is 0. The standard InChI is InChI=1S/C19H33NO7/c1-3-5-16(21)13-15(19(24)25)7-8-18(23)20-9-10-26-11-12-27-14-17(22)6-4-2/h15H,3-14H2,1-2H3,(H,20,23)(H,24,25). The molecule has 0 aliphatic carbocycles. The zero-order chi connectivity index (χ0) is 20.5. The molecule has 2 N–H and O–H groups in total. The second-order valence-electron chi connectivity index (χ2n) is 6.37. The molecule has 156 valence electrons. The van der Waals surface area contributed by atoms with Crippen molar-refractivity contribution in [1.29, 1.82) is 0 Å². The van der Waals surface area contributed by atoms with Gasteiger partial charge in [0.05, 0.1) is 25.7 Å². The lowest BCUT2D eigenvalue weighted by atomic mass is 9.95. The molecule has 0 radical (unpaired) electrons. The molecule has 8 heteroatoms. The van der Waals surface area contributed by atoms with Crippen LogP contribution in [0, 0.1) is 5.92 Å². The lowest BCUT2D eigenvalue weighted by Gasteiger charge is -2.11. The van der Waals surface area contributed by atoms with Crippen molar-refractivity contribution in [3.8, 4) is 0 Å². The highest BCUT2D eigenvalue weighted by Gasteiger charge is 2.21. The van der Waals surface area contributed by atoms with Gasteiger partial charge in [-0.1, -0.05) is 13.8 Å². The van der Waals surface area contributed by atoms with E-state index in [1.807, 2.05) is 13.8 Å². The number of Topliss-reactive ketones (excluding diaryl/α,β-unsaturated/α-hetero) is 2. The van der Waals surface area contributed by atoms with Gasteiger partial charge in [-0.3, -0.25) is 19.2 Å². The van der Waals surface area contributed by atoms with E-state index in [1.165, 1.54) is 0 Å². The zero-order valence-corrected chi connectivity index (χ0v) is 16.5. The first-order valence-corrected chi connectivity index (χ1v) is 9.59. The largest absolute Gasteiger partial charge is 0.481 e. The SMILES string of the molecule is CCCC(=O)COCCOCCNC(=O)CCC(CC(=O)CCC)C(=O)O. The van der Waals surface area contributed by atoms with E-state index < -0.39 is 11.9 Å². The van der Waals surface area contributed by atoms with Crippen molar-refractivity contribution in [3.63, 3.8) is 0 Å². The van der Waals surface area contributed by atoms with Crippen LogP contribution in [0.3, 0.4) is 0 Å². The summed E-state index contributed by atoms with van der Waals surface area (Å²) < 4.78 is 10.4. The second-order valence-corrected chi connectivity index (χ2v) is 6.37. The third-order valence-corrected chi connectivity index (χ3v) is 3.80. The summed E-state index contributed by atoms with van der Waals surface area (Å²) in [6, 6.07) is 0. The average molecular weight is 387 g/mol. The fraction of sp³-hybridized carbons (Fsp3) is 0.789. The predicted molar refractivity (Wildman–Crippen MR) is 99.5 cm³/mol. The van der Waals surface area contributed by atoms with Gasteiger partial charge >= 0.3 is 5.97 Å². The molecule has 0 saturated carbocycles. The average Bonchev–Trinajstić information content (AvgIpc) is 2.61. The van der Waals surface area contributed by atoms with Crippen molar-refractivity contribution >= 4 is 23.4 Å². The number of nitrogens with one attached hydrogen (secondary N) is 1. The number of carboxylic acids is 1. The number of hydrogen-bond donors (Lipinski definition) is 2. The Morgan fingerprint density at radius 1 is 0.889 bits per heavy atom. The molecule has 0 saturated heterocycles. The number of hydrogen-bond acceptors (Lipinski definition) is 6. The second kappa shape index (κ2) is 16.4. The van der Waals surface area contributed by atoms with E-state index >= 15 is 0 Å². The number of aliphatic carboxylic acids is 1. The van der Waals surface area contributed by atoms with Crippen molar-refractivity contribution < 1.29 is 33.8 Å². The van der Waals surface area contributed by atoms with Crippen LogP contribution in [0.1, 0.15) is 58.8 Å². The van der Waals surface area contributed by atoms with Gasteiger partial charge in [0.2, 0.25) is 5.91 Å². The number of ether oxygens (including phenoxy) is 2. The Labute approximate surface area is 161 Å². The van der Waals surface area contributed by atoms with Gasteiger partial charge in [0.25, 0.3) is 0 Å². The number of rotatable bonds is 18. The maximum absolute atomic E-state index is 11.7. The van der Waals surface area contributed by atoms with Crippen LogP contribution >= 0.6 is 0 Å². The van der Waals surface area contributed by atoms with Crippen molar-refractivity contribution in [1.82, 2.24) is 5.32 Å². The fourth-order valence-electron chi connectivity index (χ4n) is 2.38. The number of carbonyl (C=O) groups is 4. The van der Waals surface area contributed by atoms with Crippen molar-refractivity contribution in [2.45, 2.75) is 58.8 Å². The summed E-state index contributed by atoms with van der Waals surface area (Å²) in [5.41, 5.74) is 0. The molecule has 0 heterocycles. The third kappa shape index (κ3) is 15.0. The first-order chi connectivity index (χ1) is 12.9. The van der Waals surface area contributed by atoms with Crippen LogP contribution < -0.4 is 5.32 Å². The minimum atomic E-state index is -1.05. The Balaban J connectivity index is 3.73. The van der Waals surface area contributed by atoms with Crippen molar-refractivity contribution in [3.05, 3.63) is 0 Å². The van der Waals surface area contributed by atoms with E-state index in [4.69, 9.17) is 14.6 Å². The Morgan fingerprint density at radius 2 is 1.52 bits per heavy atom. The number of amides is 1. The van der Waals surface area contributed by atoms with Gasteiger partial charge in [-0.05, 0) is 19.3 Å². The lowest BCUT2D eigenvalue weighted by Crippen LogP contribution is -2.29. The Hall–Kier alpha value is -1.80. The van der Waals surface area contributed by atoms with Gasteiger partial charge in [0, 0.05) is 32.2 Å². The molecule has 0 aliphatic heterocycles. The Bertz CT molecular complexity index is 465. The molecule has 1 unspecified atom stereocenters. The van der Waals surface area contributed by atoms with E-state index in [-0.39, 0.29) is 43.3 Å². The first kappa shape index (κ1) is 25.2. The maximum Gasteiger partial charge on any atom is 0.306 e. The van der Waals surface area contributed by atoms with Crippen LogP contribution in [0.2, 0.25) is 0 Å². The van der Waals surface area contributed by atoms with Crippen molar-refractivity contribution in [2.24, 2.45) is 5.92 Å². The monoisotopic (exact) mass is 387 g/mol. The number of carbonyl (C=O) groups excluding carboxylic acids is 3. The summed E-state index contributed by atoms with van der Waals surface area (Å²) in [5, 5.41) is 11.8. The van der Waals surface area contributed by atoms with Gasteiger partial charge in [-0.2, -0.15) is 0 Å². The van der Waals surface area contributed by atoms with Gasteiger partial charge < -0.3 is 19.9 Å². The normalized spacial score (nSPS) is 11.8. The molecule has 1 atom stereocenters. The molecule has 0 fully saturated rings. The minimum Gasteiger partial charge on any atom is -0.481 e. The topological polar surface area (TPSA) is 119 Å². The molecule has 8 nitrogen and oxygen atoms in total.